The highest BCUT2D eigenvalue weighted by Crippen LogP contribution is 2.25. The lowest BCUT2D eigenvalue weighted by Crippen LogP contribution is -2.09. The van der Waals surface area contributed by atoms with Gasteiger partial charge in [0.15, 0.2) is 0 Å². The Morgan fingerprint density at radius 2 is 1.94 bits per heavy atom. The predicted molar refractivity (Wildman–Crippen MR) is 77.3 cm³/mol. The molecule has 0 atom stereocenters. The molecule has 2 aromatic rings. The first-order valence-corrected chi connectivity index (χ1v) is 6.15. The van der Waals surface area contributed by atoms with E-state index in [9.17, 15) is 0 Å². The summed E-state index contributed by atoms with van der Waals surface area (Å²) in [6.07, 6.45) is 1.43. The highest BCUT2D eigenvalue weighted by molar-refractivity contribution is 14.1. The van der Waals surface area contributed by atoms with Crippen molar-refractivity contribution in [3.05, 3.63) is 39.2 Å². The van der Waals surface area contributed by atoms with Crippen LogP contribution in [0.15, 0.2) is 30.6 Å². The lowest BCUT2D eigenvalue weighted by molar-refractivity contribution is 1.14. The van der Waals surface area contributed by atoms with E-state index in [-0.39, 0.29) is 0 Å². The van der Waals surface area contributed by atoms with Crippen molar-refractivity contribution >= 4 is 51.5 Å². The first kappa shape index (κ1) is 12.3. The first-order chi connectivity index (χ1) is 8.19. The zero-order valence-corrected chi connectivity index (χ0v) is 11.5. The maximum Gasteiger partial charge on any atom is 0.145 e. The minimum atomic E-state index is 0.548. The highest BCUT2D eigenvalue weighted by atomic mass is 127. The Balaban J connectivity index is 2.25. The molecule has 1 heterocycles. The minimum Gasteiger partial charge on any atom is -0.339 e. The molecular weight excluding hydrogens is 353 g/mol. The van der Waals surface area contributed by atoms with Crippen LogP contribution in [-0.4, -0.2) is 9.97 Å². The Labute approximate surface area is 117 Å². The van der Waals surface area contributed by atoms with Crippen molar-refractivity contribution in [1.29, 1.82) is 0 Å². The minimum absolute atomic E-state index is 0.548. The van der Waals surface area contributed by atoms with E-state index in [0.29, 0.717) is 16.7 Å². The number of nitrogens with zero attached hydrogens (tertiary/aromatic N) is 2. The zero-order valence-electron chi connectivity index (χ0n) is 8.61. The van der Waals surface area contributed by atoms with Crippen LogP contribution in [-0.2, 0) is 0 Å². The molecule has 0 aliphatic carbocycles. The van der Waals surface area contributed by atoms with E-state index in [4.69, 9.17) is 17.4 Å². The second-order valence-electron chi connectivity index (χ2n) is 3.18. The molecule has 0 radical (unpaired) electrons. The number of hydrogen-bond donors (Lipinski definition) is 3. The summed E-state index contributed by atoms with van der Waals surface area (Å²) in [4.78, 5) is 8.02. The van der Waals surface area contributed by atoms with Crippen LogP contribution in [0.1, 0.15) is 0 Å². The van der Waals surface area contributed by atoms with E-state index in [1.54, 1.807) is 6.07 Å². The van der Waals surface area contributed by atoms with Crippen LogP contribution in [0.5, 0.6) is 0 Å². The van der Waals surface area contributed by atoms with Crippen LogP contribution in [0.2, 0.25) is 5.02 Å². The number of anilines is 3. The molecule has 0 fully saturated rings. The number of rotatable bonds is 3. The fraction of sp³-hybridized carbons (Fsp3) is 0. The van der Waals surface area contributed by atoms with Gasteiger partial charge in [0.25, 0.3) is 0 Å². The summed E-state index contributed by atoms with van der Waals surface area (Å²) in [6, 6.07) is 7.29. The van der Waals surface area contributed by atoms with Gasteiger partial charge in [0, 0.05) is 14.7 Å². The molecule has 88 valence electrons. The Hall–Kier alpha value is -1.12. The quantitative estimate of drug-likeness (QED) is 0.445. The van der Waals surface area contributed by atoms with Crippen molar-refractivity contribution in [2.75, 3.05) is 10.7 Å². The predicted octanol–water partition coefficient (Wildman–Crippen LogP) is 2.76. The smallest absolute Gasteiger partial charge is 0.145 e. The number of hydrazine groups is 1. The van der Waals surface area contributed by atoms with E-state index in [0.717, 1.165) is 9.26 Å². The Morgan fingerprint density at radius 1 is 1.18 bits per heavy atom. The van der Waals surface area contributed by atoms with Crippen molar-refractivity contribution < 1.29 is 0 Å². The van der Waals surface area contributed by atoms with Crippen LogP contribution in [0.4, 0.5) is 17.3 Å². The van der Waals surface area contributed by atoms with Crippen molar-refractivity contribution in [2.45, 2.75) is 0 Å². The van der Waals surface area contributed by atoms with Gasteiger partial charge in [0.05, 0.1) is 5.69 Å². The summed E-state index contributed by atoms with van der Waals surface area (Å²) < 4.78 is 1.01. The number of halogens is 2. The van der Waals surface area contributed by atoms with Gasteiger partial charge < -0.3 is 10.7 Å². The Morgan fingerprint density at radius 3 is 2.65 bits per heavy atom. The molecule has 1 aromatic heterocycles. The summed E-state index contributed by atoms with van der Waals surface area (Å²) in [5.41, 5.74) is 3.39. The Kier molecular flexibility index (Phi) is 3.97. The average molecular weight is 362 g/mol. The molecule has 0 spiro atoms. The number of aromatic nitrogens is 2. The molecule has 7 heteroatoms. The second kappa shape index (κ2) is 5.48. The molecule has 1 aromatic carbocycles. The van der Waals surface area contributed by atoms with Gasteiger partial charge in [0.2, 0.25) is 0 Å². The molecular formula is C10H9ClIN5. The van der Waals surface area contributed by atoms with Gasteiger partial charge in [-0.2, -0.15) is 0 Å². The molecule has 0 saturated carbocycles. The SMILES string of the molecule is NNc1cc(Nc2ccc(Cl)cc2I)ncn1. The lowest BCUT2D eigenvalue weighted by atomic mass is 10.3. The number of benzene rings is 1. The second-order valence-corrected chi connectivity index (χ2v) is 4.78. The molecule has 17 heavy (non-hydrogen) atoms. The van der Waals surface area contributed by atoms with Crippen LogP contribution in [0.25, 0.3) is 0 Å². The van der Waals surface area contributed by atoms with E-state index in [2.05, 4.69) is 43.3 Å². The third kappa shape index (κ3) is 3.18. The maximum atomic E-state index is 5.88. The zero-order chi connectivity index (χ0) is 12.3. The number of nitrogens with two attached hydrogens (primary N) is 1. The standard InChI is InChI=1S/C10H9ClIN5/c11-6-1-2-8(7(12)3-6)16-9-4-10(17-13)15-5-14-9/h1-5H,13H2,(H2,14,15,16,17). The third-order valence-corrected chi connectivity index (χ3v) is 3.14. The largest absolute Gasteiger partial charge is 0.339 e. The first-order valence-electron chi connectivity index (χ1n) is 4.70. The summed E-state index contributed by atoms with van der Waals surface area (Å²) in [6.45, 7) is 0. The van der Waals surface area contributed by atoms with Crippen molar-refractivity contribution in [3.8, 4) is 0 Å². The molecule has 2 rings (SSSR count). The van der Waals surface area contributed by atoms with E-state index < -0.39 is 0 Å². The highest BCUT2D eigenvalue weighted by Gasteiger charge is 2.03. The van der Waals surface area contributed by atoms with Crippen LogP contribution in [0.3, 0.4) is 0 Å². The van der Waals surface area contributed by atoms with Crippen molar-refractivity contribution in [2.24, 2.45) is 5.84 Å². The van der Waals surface area contributed by atoms with Crippen LogP contribution >= 0.6 is 34.2 Å². The topological polar surface area (TPSA) is 75.9 Å². The molecule has 5 nitrogen and oxygen atoms in total. The number of nitrogen functional groups attached to an aromatic ring is 1. The number of hydrogen-bond acceptors (Lipinski definition) is 5. The van der Waals surface area contributed by atoms with E-state index >= 15 is 0 Å². The van der Waals surface area contributed by atoms with Gasteiger partial charge in [-0.1, -0.05) is 11.6 Å². The Bertz CT molecular complexity index is 534. The van der Waals surface area contributed by atoms with Gasteiger partial charge >= 0.3 is 0 Å². The fourth-order valence-corrected chi connectivity index (χ4v) is 2.24. The summed E-state index contributed by atoms with van der Waals surface area (Å²) >= 11 is 8.08. The molecule has 4 N–H and O–H groups in total. The lowest BCUT2D eigenvalue weighted by Gasteiger charge is -2.08. The summed E-state index contributed by atoms with van der Waals surface area (Å²) in [5.74, 6) is 6.48. The van der Waals surface area contributed by atoms with Gasteiger partial charge in [0.1, 0.15) is 18.0 Å². The summed E-state index contributed by atoms with van der Waals surface area (Å²) in [5, 5.41) is 3.86. The fourth-order valence-electron chi connectivity index (χ4n) is 1.23. The molecule has 0 saturated heterocycles. The van der Waals surface area contributed by atoms with E-state index in [1.807, 2.05) is 18.2 Å². The average Bonchev–Trinajstić information content (AvgIpc) is 2.33. The maximum absolute atomic E-state index is 5.88. The van der Waals surface area contributed by atoms with Gasteiger partial charge in [-0.15, -0.1) is 0 Å². The number of nitrogens with one attached hydrogen (secondary N) is 2. The molecule has 0 bridgehead atoms. The molecule has 0 unspecified atom stereocenters. The monoisotopic (exact) mass is 361 g/mol. The normalized spacial score (nSPS) is 10.1. The van der Waals surface area contributed by atoms with Gasteiger partial charge in [-0.3, -0.25) is 0 Å². The molecule has 0 amide bonds. The molecule has 0 aliphatic rings. The van der Waals surface area contributed by atoms with Crippen LogP contribution in [0, 0.1) is 3.57 Å². The van der Waals surface area contributed by atoms with Crippen LogP contribution < -0.4 is 16.6 Å². The van der Waals surface area contributed by atoms with E-state index in [1.165, 1.54) is 6.33 Å². The summed E-state index contributed by atoms with van der Waals surface area (Å²) in [7, 11) is 0. The van der Waals surface area contributed by atoms with Crippen molar-refractivity contribution in [3.63, 3.8) is 0 Å². The molecule has 0 aliphatic heterocycles. The van der Waals surface area contributed by atoms with Gasteiger partial charge in [-0.25, -0.2) is 15.8 Å². The van der Waals surface area contributed by atoms with Crippen molar-refractivity contribution in [1.82, 2.24) is 9.97 Å². The van der Waals surface area contributed by atoms with Gasteiger partial charge in [-0.05, 0) is 40.8 Å². The third-order valence-electron chi connectivity index (χ3n) is 2.01.